The number of ether oxygens (including phenoxy) is 1. The van der Waals surface area contributed by atoms with E-state index in [0.717, 1.165) is 22.2 Å². The number of nitrogens with zero attached hydrogens (tertiary/aromatic N) is 3. The first kappa shape index (κ1) is 21.3. The number of aromatic nitrogens is 1. The van der Waals surface area contributed by atoms with E-state index >= 15 is 0 Å². The van der Waals surface area contributed by atoms with Gasteiger partial charge in [0, 0.05) is 0 Å². The van der Waals surface area contributed by atoms with E-state index in [4.69, 9.17) is 16.4 Å². The molecule has 2 aromatic carbocycles. The quantitative estimate of drug-likeness (QED) is 0.403. The van der Waals surface area contributed by atoms with Crippen LogP contribution in [0.2, 0.25) is 0 Å². The maximum atomic E-state index is 10.9. The van der Waals surface area contributed by atoms with Crippen LogP contribution >= 0.6 is 0 Å². The Morgan fingerprint density at radius 2 is 1.97 bits per heavy atom. The van der Waals surface area contributed by atoms with Crippen molar-refractivity contribution >= 4 is 26.2 Å². The standard InChI is InChI=1S/C24H23N3O3Se/c1-15(2)30-21-9-8-18(10-20(21)25-3)23-26-11-22(31-23)17-6-4-16(5-7-17)12-27-13-19(14-27)24(28)29/h4-11,15,19H,12-14H2,1-2H3,(H,28,29). The van der Waals surface area contributed by atoms with E-state index in [2.05, 4.69) is 39.0 Å². The third-order valence-electron chi connectivity index (χ3n) is 5.15. The molecule has 158 valence electrons. The first-order chi connectivity index (χ1) is 14.9. The number of aliphatic carboxylic acids is 1. The van der Waals surface area contributed by atoms with Gasteiger partial charge in [-0.1, -0.05) is 0 Å². The van der Waals surface area contributed by atoms with E-state index in [9.17, 15) is 4.79 Å². The van der Waals surface area contributed by atoms with Gasteiger partial charge in [0.15, 0.2) is 0 Å². The fourth-order valence-corrected chi connectivity index (χ4v) is 5.45. The topological polar surface area (TPSA) is 67.0 Å². The Kier molecular flexibility index (Phi) is 6.24. The summed E-state index contributed by atoms with van der Waals surface area (Å²) in [5.41, 5.74) is 3.82. The molecule has 0 saturated carbocycles. The Morgan fingerprint density at radius 3 is 2.61 bits per heavy atom. The van der Waals surface area contributed by atoms with Crippen molar-refractivity contribution in [2.45, 2.75) is 26.5 Å². The monoisotopic (exact) mass is 481 g/mol. The maximum absolute atomic E-state index is 10.9. The van der Waals surface area contributed by atoms with Crippen molar-refractivity contribution in [3.05, 3.63) is 65.6 Å². The molecule has 0 atom stereocenters. The molecule has 1 N–H and O–H groups in total. The number of carbonyl (C=O) groups is 1. The zero-order valence-corrected chi connectivity index (χ0v) is 19.1. The summed E-state index contributed by atoms with van der Waals surface area (Å²) in [4.78, 5) is 21.3. The van der Waals surface area contributed by atoms with Gasteiger partial charge >= 0.3 is 188 Å². The van der Waals surface area contributed by atoms with Crippen molar-refractivity contribution in [1.82, 2.24) is 9.88 Å². The van der Waals surface area contributed by atoms with Crippen LogP contribution in [-0.2, 0) is 11.3 Å². The SMILES string of the molecule is [C-]#[N+]c1cc(-c2ncc(-c3ccc(CN4CC(C(=O)O)C4)cc3)[se]2)ccc1OC(C)C. The van der Waals surface area contributed by atoms with Crippen molar-refractivity contribution in [3.8, 4) is 25.9 Å². The van der Waals surface area contributed by atoms with E-state index in [-0.39, 0.29) is 26.5 Å². The molecule has 2 heterocycles. The molecule has 1 aromatic heterocycles. The molecule has 0 unspecified atom stereocenters. The van der Waals surface area contributed by atoms with Crippen molar-refractivity contribution in [2.24, 2.45) is 5.92 Å². The Balaban J connectivity index is 1.45. The summed E-state index contributed by atoms with van der Waals surface area (Å²) in [6.07, 6.45) is 1.95. The Hall–Kier alpha value is -2.91. The zero-order valence-electron chi connectivity index (χ0n) is 17.4. The van der Waals surface area contributed by atoms with E-state index in [1.54, 1.807) is 0 Å². The van der Waals surface area contributed by atoms with Crippen LogP contribution in [0.3, 0.4) is 0 Å². The summed E-state index contributed by atoms with van der Waals surface area (Å²) in [5, 5.41) is 8.99. The molecular weight excluding hydrogens is 457 g/mol. The van der Waals surface area contributed by atoms with Crippen LogP contribution in [0.5, 0.6) is 5.75 Å². The third-order valence-corrected chi connectivity index (χ3v) is 7.44. The molecule has 6 nitrogen and oxygen atoms in total. The van der Waals surface area contributed by atoms with Crippen LogP contribution in [0.25, 0.3) is 25.0 Å². The summed E-state index contributed by atoms with van der Waals surface area (Å²) in [7, 11) is 0. The molecule has 1 saturated heterocycles. The average Bonchev–Trinajstić information content (AvgIpc) is 3.20. The Bertz CT molecular complexity index is 1130. The molecule has 0 spiro atoms. The number of hydrogen-bond acceptors (Lipinski definition) is 4. The second-order valence-electron chi connectivity index (χ2n) is 7.92. The van der Waals surface area contributed by atoms with Crippen LogP contribution in [0, 0.1) is 12.5 Å². The van der Waals surface area contributed by atoms with Gasteiger partial charge in [0.25, 0.3) is 0 Å². The van der Waals surface area contributed by atoms with Crippen LogP contribution in [0.4, 0.5) is 5.69 Å². The minimum absolute atomic E-state index is 0.0234. The molecular formula is C24H23N3O3Se. The van der Waals surface area contributed by atoms with Gasteiger partial charge in [-0.05, 0) is 0 Å². The second-order valence-corrected chi connectivity index (χ2v) is 10.1. The fourth-order valence-electron chi connectivity index (χ4n) is 3.52. The van der Waals surface area contributed by atoms with E-state index < -0.39 is 5.97 Å². The first-order valence-electron chi connectivity index (χ1n) is 10.1. The zero-order chi connectivity index (χ0) is 22.0. The molecule has 3 aromatic rings. The van der Waals surface area contributed by atoms with E-state index in [1.165, 1.54) is 10.0 Å². The van der Waals surface area contributed by atoms with Crippen LogP contribution < -0.4 is 4.74 Å². The van der Waals surface area contributed by atoms with E-state index in [1.807, 2.05) is 38.2 Å². The summed E-state index contributed by atoms with van der Waals surface area (Å²) in [5.74, 6) is -0.320. The van der Waals surface area contributed by atoms with Gasteiger partial charge in [-0.2, -0.15) is 0 Å². The number of benzene rings is 2. The van der Waals surface area contributed by atoms with Crippen LogP contribution in [0.15, 0.2) is 48.7 Å². The molecule has 1 fully saturated rings. The first-order valence-corrected chi connectivity index (χ1v) is 11.8. The van der Waals surface area contributed by atoms with Gasteiger partial charge in [-0.15, -0.1) is 0 Å². The number of carboxylic acid groups (broad SMARTS) is 1. The normalized spacial score (nSPS) is 14.3. The number of carboxylic acids is 1. The number of hydrogen-bond donors (Lipinski definition) is 1. The van der Waals surface area contributed by atoms with Crippen LogP contribution in [0.1, 0.15) is 19.4 Å². The Labute approximate surface area is 187 Å². The summed E-state index contributed by atoms with van der Waals surface area (Å²) >= 11 is 0.0629. The van der Waals surface area contributed by atoms with Crippen molar-refractivity contribution in [2.75, 3.05) is 13.1 Å². The van der Waals surface area contributed by atoms with Gasteiger partial charge in [0.2, 0.25) is 0 Å². The molecule has 1 aliphatic rings. The molecule has 0 aliphatic carbocycles. The van der Waals surface area contributed by atoms with Crippen LogP contribution in [-0.4, -0.2) is 54.7 Å². The summed E-state index contributed by atoms with van der Waals surface area (Å²) in [6.45, 7) is 13.4. The Morgan fingerprint density at radius 1 is 1.26 bits per heavy atom. The molecule has 1 aliphatic heterocycles. The number of rotatable bonds is 7. The van der Waals surface area contributed by atoms with Crippen molar-refractivity contribution in [1.29, 1.82) is 0 Å². The molecule has 31 heavy (non-hydrogen) atoms. The number of likely N-dealkylation sites (tertiary alicyclic amines) is 1. The van der Waals surface area contributed by atoms with Gasteiger partial charge in [0.05, 0.1) is 0 Å². The predicted octanol–water partition coefficient (Wildman–Crippen LogP) is 4.33. The third kappa shape index (κ3) is 4.88. The van der Waals surface area contributed by atoms with Crippen molar-refractivity contribution < 1.29 is 14.6 Å². The van der Waals surface area contributed by atoms with Gasteiger partial charge in [0.1, 0.15) is 0 Å². The van der Waals surface area contributed by atoms with Crippen molar-refractivity contribution in [3.63, 3.8) is 0 Å². The average molecular weight is 480 g/mol. The molecule has 7 heteroatoms. The van der Waals surface area contributed by atoms with Gasteiger partial charge in [-0.3, -0.25) is 0 Å². The second kappa shape index (κ2) is 9.07. The molecule has 0 radical (unpaired) electrons. The fraction of sp³-hybridized carbons (Fsp3) is 0.292. The van der Waals surface area contributed by atoms with E-state index in [0.29, 0.717) is 24.5 Å². The molecule has 0 amide bonds. The summed E-state index contributed by atoms with van der Waals surface area (Å²) < 4.78 is 7.93. The molecule has 0 bridgehead atoms. The predicted molar refractivity (Wildman–Crippen MR) is 120 cm³/mol. The summed E-state index contributed by atoms with van der Waals surface area (Å²) in [6, 6.07) is 14.1. The van der Waals surface area contributed by atoms with Gasteiger partial charge in [-0.25, -0.2) is 0 Å². The molecule has 4 rings (SSSR count). The van der Waals surface area contributed by atoms with Gasteiger partial charge < -0.3 is 0 Å². The minimum atomic E-state index is -0.705.